The van der Waals surface area contributed by atoms with Crippen molar-refractivity contribution in [1.29, 1.82) is 0 Å². The van der Waals surface area contributed by atoms with Crippen LogP contribution < -0.4 is 4.90 Å². The third kappa shape index (κ3) is 3.92. The van der Waals surface area contributed by atoms with Gasteiger partial charge in [0.1, 0.15) is 0 Å². The van der Waals surface area contributed by atoms with E-state index in [0.717, 1.165) is 26.2 Å². The van der Waals surface area contributed by atoms with Crippen LogP contribution in [-0.4, -0.2) is 43.4 Å². The van der Waals surface area contributed by atoms with E-state index in [1.54, 1.807) is 12.1 Å². The maximum absolute atomic E-state index is 12.4. The molecule has 0 saturated carbocycles. The van der Waals surface area contributed by atoms with Crippen LogP contribution in [0.25, 0.3) is 0 Å². The number of nitrogens with zero attached hydrogens (tertiary/aromatic N) is 2. The van der Waals surface area contributed by atoms with Crippen molar-refractivity contribution in [3.63, 3.8) is 0 Å². The molecule has 0 aromatic heterocycles. The Bertz CT molecular complexity index is 676. The number of hydrogen-bond donors (Lipinski definition) is 0. The highest BCUT2D eigenvalue weighted by Crippen LogP contribution is 2.19. The van der Waals surface area contributed by atoms with E-state index in [4.69, 9.17) is 11.6 Å². The summed E-state index contributed by atoms with van der Waals surface area (Å²) in [7, 11) is 0. The van der Waals surface area contributed by atoms with Gasteiger partial charge in [-0.2, -0.15) is 0 Å². The molecule has 1 aliphatic heterocycles. The number of rotatable bonds is 4. The molecule has 23 heavy (non-hydrogen) atoms. The lowest BCUT2D eigenvalue weighted by Crippen LogP contribution is -2.48. The van der Waals surface area contributed by atoms with Crippen LogP contribution in [-0.2, 0) is 0 Å². The highest BCUT2D eigenvalue weighted by Gasteiger charge is 2.20. The van der Waals surface area contributed by atoms with Crippen LogP contribution in [0.2, 0.25) is 5.02 Å². The Balaban J connectivity index is 1.56. The maximum Gasteiger partial charge on any atom is 0.178 e. The number of carbonyl (C=O) groups is 1. The zero-order valence-electron chi connectivity index (χ0n) is 13.3. The molecule has 1 aliphatic rings. The van der Waals surface area contributed by atoms with Gasteiger partial charge in [0, 0.05) is 37.4 Å². The molecule has 2 aromatic carbocycles. The minimum absolute atomic E-state index is 0.0967. The van der Waals surface area contributed by atoms with Crippen molar-refractivity contribution in [1.82, 2.24) is 4.90 Å². The van der Waals surface area contributed by atoms with Gasteiger partial charge in [-0.1, -0.05) is 41.4 Å². The van der Waals surface area contributed by atoms with Crippen LogP contribution in [0.5, 0.6) is 0 Å². The Kier molecular flexibility index (Phi) is 4.99. The van der Waals surface area contributed by atoms with Crippen LogP contribution in [0, 0.1) is 6.92 Å². The zero-order chi connectivity index (χ0) is 16.2. The summed E-state index contributed by atoms with van der Waals surface area (Å²) in [4.78, 5) is 17.0. The molecule has 0 amide bonds. The van der Waals surface area contributed by atoms with Gasteiger partial charge in [0.2, 0.25) is 0 Å². The molecule has 3 nitrogen and oxygen atoms in total. The summed E-state index contributed by atoms with van der Waals surface area (Å²) in [5, 5.41) is 0.538. The molecule has 0 aliphatic carbocycles. The first kappa shape index (κ1) is 16.0. The predicted octanol–water partition coefficient (Wildman–Crippen LogP) is 3.65. The first-order chi connectivity index (χ1) is 11.1. The topological polar surface area (TPSA) is 23.6 Å². The van der Waals surface area contributed by atoms with Gasteiger partial charge in [0.05, 0.1) is 11.6 Å². The lowest BCUT2D eigenvalue weighted by Gasteiger charge is -2.35. The number of piperazine rings is 1. The molecule has 1 fully saturated rings. The molecule has 2 aromatic rings. The summed E-state index contributed by atoms with van der Waals surface area (Å²) in [5.41, 5.74) is 3.15. The van der Waals surface area contributed by atoms with Gasteiger partial charge in [0.25, 0.3) is 0 Å². The molecule has 0 atom stereocenters. The SMILES string of the molecule is Cc1ccc(N2CCN(CC(=O)c3ccccc3Cl)CC2)cc1. The van der Waals surface area contributed by atoms with Gasteiger partial charge in [-0.05, 0) is 31.2 Å². The van der Waals surface area contributed by atoms with Gasteiger partial charge in [-0.3, -0.25) is 9.69 Å². The highest BCUT2D eigenvalue weighted by molar-refractivity contribution is 6.34. The standard InChI is InChI=1S/C19H21ClN2O/c1-15-6-8-16(9-7-15)22-12-10-21(11-13-22)14-19(23)17-4-2-3-5-18(17)20/h2-9H,10-14H2,1H3. The summed E-state index contributed by atoms with van der Waals surface area (Å²) in [6.07, 6.45) is 0. The number of aryl methyl sites for hydroxylation is 1. The van der Waals surface area contributed by atoms with Crippen molar-refractivity contribution >= 4 is 23.1 Å². The fraction of sp³-hybridized carbons (Fsp3) is 0.316. The molecular weight excluding hydrogens is 308 g/mol. The van der Waals surface area contributed by atoms with E-state index in [2.05, 4.69) is 41.0 Å². The molecule has 3 rings (SSSR count). The molecule has 1 heterocycles. The number of halogens is 1. The average Bonchev–Trinajstić information content (AvgIpc) is 2.57. The molecule has 0 spiro atoms. The summed E-state index contributed by atoms with van der Waals surface area (Å²) in [6, 6.07) is 15.9. The second-order valence-electron chi connectivity index (χ2n) is 6.00. The van der Waals surface area contributed by atoms with Crippen LogP contribution >= 0.6 is 11.6 Å². The van der Waals surface area contributed by atoms with Crippen LogP contribution in [0.1, 0.15) is 15.9 Å². The lowest BCUT2D eigenvalue weighted by atomic mass is 10.1. The smallest absolute Gasteiger partial charge is 0.178 e. The van der Waals surface area contributed by atoms with Gasteiger partial charge in [-0.15, -0.1) is 0 Å². The van der Waals surface area contributed by atoms with Crippen molar-refractivity contribution < 1.29 is 4.79 Å². The molecule has 1 saturated heterocycles. The van der Waals surface area contributed by atoms with Crippen molar-refractivity contribution in [2.45, 2.75) is 6.92 Å². The van der Waals surface area contributed by atoms with Crippen molar-refractivity contribution in [3.05, 3.63) is 64.7 Å². The van der Waals surface area contributed by atoms with Crippen molar-refractivity contribution in [2.24, 2.45) is 0 Å². The van der Waals surface area contributed by atoms with Gasteiger partial charge in [0.15, 0.2) is 5.78 Å². The van der Waals surface area contributed by atoms with E-state index in [9.17, 15) is 4.79 Å². The molecule has 4 heteroatoms. The van der Waals surface area contributed by atoms with Gasteiger partial charge < -0.3 is 4.90 Å². The second kappa shape index (κ2) is 7.16. The molecule has 0 unspecified atom stereocenters. The monoisotopic (exact) mass is 328 g/mol. The van der Waals surface area contributed by atoms with Crippen LogP contribution in [0.3, 0.4) is 0 Å². The second-order valence-corrected chi connectivity index (χ2v) is 6.41. The average molecular weight is 329 g/mol. The van der Waals surface area contributed by atoms with Gasteiger partial charge in [-0.25, -0.2) is 0 Å². The molecule has 120 valence electrons. The fourth-order valence-corrected chi connectivity index (χ4v) is 3.14. The van der Waals surface area contributed by atoms with Crippen molar-refractivity contribution in [3.8, 4) is 0 Å². The van der Waals surface area contributed by atoms with E-state index in [1.807, 2.05) is 12.1 Å². The third-order valence-electron chi connectivity index (χ3n) is 4.31. The quantitative estimate of drug-likeness (QED) is 0.800. The Morgan fingerprint density at radius 1 is 1.00 bits per heavy atom. The fourth-order valence-electron chi connectivity index (χ4n) is 2.90. The Labute approximate surface area is 142 Å². The number of anilines is 1. The minimum atomic E-state index is 0.0967. The normalized spacial score (nSPS) is 15.7. The number of hydrogen-bond acceptors (Lipinski definition) is 3. The zero-order valence-corrected chi connectivity index (χ0v) is 14.1. The van der Waals surface area contributed by atoms with Crippen molar-refractivity contribution in [2.75, 3.05) is 37.6 Å². The molecular formula is C19H21ClN2O. The number of Topliss-reactive ketones (excluding diaryl/α,β-unsaturated/α-hetero) is 1. The molecule has 0 bridgehead atoms. The maximum atomic E-state index is 12.4. The number of carbonyl (C=O) groups excluding carboxylic acids is 1. The Hall–Kier alpha value is -1.84. The Morgan fingerprint density at radius 3 is 2.30 bits per heavy atom. The summed E-state index contributed by atoms with van der Waals surface area (Å²) in [5.74, 6) is 0.0967. The number of ketones is 1. The predicted molar refractivity (Wildman–Crippen MR) is 95.6 cm³/mol. The van der Waals surface area contributed by atoms with E-state index in [1.165, 1.54) is 11.3 Å². The summed E-state index contributed by atoms with van der Waals surface area (Å²) in [6.45, 7) is 6.21. The van der Waals surface area contributed by atoms with E-state index >= 15 is 0 Å². The molecule has 0 radical (unpaired) electrons. The minimum Gasteiger partial charge on any atom is -0.369 e. The largest absolute Gasteiger partial charge is 0.369 e. The number of benzene rings is 2. The van der Waals surface area contributed by atoms with Crippen LogP contribution in [0.15, 0.2) is 48.5 Å². The Morgan fingerprint density at radius 2 is 1.65 bits per heavy atom. The third-order valence-corrected chi connectivity index (χ3v) is 4.64. The van der Waals surface area contributed by atoms with E-state index in [-0.39, 0.29) is 5.78 Å². The summed E-state index contributed by atoms with van der Waals surface area (Å²) < 4.78 is 0. The molecule has 0 N–H and O–H groups in total. The first-order valence-corrected chi connectivity index (χ1v) is 8.33. The van der Waals surface area contributed by atoms with Gasteiger partial charge >= 0.3 is 0 Å². The summed E-state index contributed by atoms with van der Waals surface area (Å²) >= 11 is 6.11. The first-order valence-electron chi connectivity index (χ1n) is 7.95. The van der Waals surface area contributed by atoms with E-state index < -0.39 is 0 Å². The lowest BCUT2D eigenvalue weighted by molar-refractivity contribution is 0.0926. The van der Waals surface area contributed by atoms with Crippen LogP contribution in [0.4, 0.5) is 5.69 Å². The highest BCUT2D eigenvalue weighted by atomic mass is 35.5. The van der Waals surface area contributed by atoms with E-state index in [0.29, 0.717) is 17.1 Å².